The van der Waals surface area contributed by atoms with Crippen LogP contribution in [0.15, 0.2) is 29.2 Å². The fraction of sp³-hybridized carbons (Fsp3) is 0.417. The molecule has 7 heteroatoms. The molecule has 1 amide bonds. The van der Waals surface area contributed by atoms with Crippen LogP contribution in [0, 0.1) is 5.92 Å². The highest BCUT2D eigenvalue weighted by atomic mass is 32.2. The molecule has 0 saturated heterocycles. The monoisotopic (exact) mass is 286 g/mol. The number of carbonyl (C=O) groups is 1. The Hall–Kier alpha value is -1.44. The van der Waals surface area contributed by atoms with E-state index in [-0.39, 0.29) is 22.9 Å². The number of hydrogen-bond donors (Lipinski definition) is 3. The van der Waals surface area contributed by atoms with E-state index in [0.717, 1.165) is 0 Å². The molecule has 19 heavy (non-hydrogen) atoms. The SMILES string of the molecule is CC(C)C(O)CNS(=O)(=O)c1ccc(C(N)=O)cc1. The maximum atomic E-state index is 11.9. The van der Waals surface area contributed by atoms with Gasteiger partial charge in [-0.05, 0) is 30.2 Å². The Kier molecular flexibility index (Phi) is 5.04. The lowest BCUT2D eigenvalue weighted by molar-refractivity contribution is 0.1000. The fourth-order valence-corrected chi connectivity index (χ4v) is 2.36. The van der Waals surface area contributed by atoms with E-state index in [0.29, 0.717) is 0 Å². The minimum Gasteiger partial charge on any atom is -0.391 e. The number of aliphatic hydroxyl groups excluding tert-OH is 1. The minimum absolute atomic E-state index is 0.0217. The molecule has 1 unspecified atom stereocenters. The zero-order valence-electron chi connectivity index (χ0n) is 10.8. The first-order valence-electron chi connectivity index (χ1n) is 5.81. The number of aliphatic hydroxyl groups is 1. The van der Waals surface area contributed by atoms with Crippen LogP contribution in [-0.2, 0) is 10.0 Å². The van der Waals surface area contributed by atoms with E-state index in [1.54, 1.807) is 13.8 Å². The van der Waals surface area contributed by atoms with Crippen molar-refractivity contribution < 1.29 is 18.3 Å². The molecule has 0 aliphatic rings. The summed E-state index contributed by atoms with van der Waals surface area (Å²) >= 11 is 0. The van der Waals surface area contributed by atoms with Gasteiger partial charge in [0.25, 0.3) is 0 Å². The second-order valence-electron chi connectivity index (χ2n) is 4.55. The van der Waals surface area contributed by atoms with Gasteiger partial charge in [0.1, 0.15) is 0 Å². The average Bonchev–Trinajstić information content (AvgIpc) is 2.36. The number of rotatable bonds is 6. The molecule has 0 spiro atoms. The van der Waals surface area contributed by atoms with Crippen molar-refractivity contribution in [1.82, 2.24) is 4.72 Å². The van der Waals surface area contributed by atoms with Crippen LogP contribution in [0.2, 0.25) is 0 Å². The normalized spacial score (nSPS) is 13.5. The average molecular weight is 286 g/mol. The molecule has 0 heterocycles. The van der Waals surface area contributed by atoms with Crippen molar-refractivity contribution in [2.75, 3.05) is 6.54 Å². The molecule has 1 aromatic rings. The van der Waals surface area contributed by atoms with Crippen molar-refractivity contribution in [1.29, 1.82) is 0 Å². The first-order valence-corrected chi connectivity index (χ1v) is 7.30. The van der Waals surface area contributed by atoms with E-state index < -0.39 is 22.0 Å². The van der Waals surface area contributed by atoms with Crippen LogP contribution in [0.25, 0.3) is 0 Å². The third-order valence-electron chi connectivity index (χ3n) is 2.70. The molecule has 1 aromatic carbocycles. The largest absolute Gasteiger partial charge is 0.391 e. The molecule has 1 rings (SSSR count). The quantitative estimate of drug-likeness (QED) is 0.688. The molecule has 0 fully saturated rings. The van der Waals surface area contributed by atoms with Gasteiger partial charge in [-0.25, -0.2) is 13.1 Å². The van der Waals surface area contributed by atoms with Crippen molar-refractivity contribution in [2.45, 2.75) is 24.8 Å². The molecule has 106 valence electrons. The van der Waals surface area contributed by atoms with E-state index >= 15 is 0 Å². The lowest BCUT2D eigenvalue weighted by Gasteiger charge is -2.15. The summed E-state index contributed by atoms with van der Waals surface area (Å²) in [5.74, 6) is -0.660. The van der Waals surface area contributed by atoms with Crippen LogP contribution in [-0.4, -0.2) is 32.1 Å². The molecule has 6 nitrogen and oxygen atoms in total. The predicted octanol–water partition coefficient (Wildman–Crippen LogP) is 0.0807. The summed E-state index contributed by atoms with van der Waals surface area (Å²) in [6.45, 7) is 3.53. The molecule has 4 N–H and O–H groups in total. The van der Waals surface area contributed by atoms with Gasteiger partial charge in [0.15, 0.2) is 0 Å². The number of nitrogens with two attached hydrogens (primary N) is 1. The summed E-state index contributed by atoms with van der Waals surface area (Å²) in [7, 11) is -3.69. The van der Waals surface area contributed by atoms with Gasteiger partial charge in [-0.1, -0.05) is 13.8 Å². The summed E-state index contributed by atoms with van der Waals surface area (Å²) in [5, 5.41) is 9.57. The third-order valence-corrected chi connectivity index (χ3v) is 4.14. The predicted molar refractivity (Wildman–Crippen MR) is 71.0 cm³/mol. The number of hydrogen-bond acceptors (Lipinski definition) is 4. The van der Waals surface area contributed by atoms with Gasteiger partial charge in [0.2, 0.25) is 15.9 Å². The maximum Gasteiger partial charge on any atom is 0.248 e. The number of nitrogens with one attached hydrogen (secondary N) is 1. The second kappa shape index (κ2) is 6.14. The first kappa shape index (κ1) is 15.6. The molecule has 0 aliphatic carbocycles. The van der Waals surface area contributed by atoms with Gasteiger partial charge in [-0.15, -0.1) is 0 Å². The van der Waals surface area contributed by atoms with E-state index in [2.05, 4.69) is 4.72 Å². The van der Waals surface area contributed by atoms with Crippen LogP contribution < -0.4 is 10.5 Å². The third kappa shape index (κ3) is 4.30. The summed E-state index contributed by atoms with van der Waals surface area (Å²) in [4.78, 5) is 10.9. The molecule has 0 aromatic heterocycles. The van der Waals surface area contributed by atoms with Crippen LogP contribution in [0.5, 0.6) is 0 Å². The van der Waals surface area contributed by atoms with E-state index in [1.807, 2.05) is 0 Å². The van der Waals surface area contributed by atoms with E-state index in [1.165, 1.54) is 24.3 Å². The zero-order chi connectivity index (χ0) is 14.6. The molecule has 1 atom stereocenters. The van der Waals surface area contributed by atoms with Gasteiger partial charge in [-0.2, -0.15) is 0 Å². The molecule has 0 bridgehead atoms. The van der Waals surface area contributed by atoms with E-state index in [4.69, 9.17) is 5.73 Å². The van der Waals surface area contributed by atoms with Crippen LogP contribution in [0.3, 0.4) is 0 Å². The topological polar surface area (TPSA) is 109 Å². The highest BCUT2D eigenvalue weighted by Crippen LogP contribution is 2.10. The van der Waals surface area contributed by atoms with Gasteiger partial charge in [-0.3, -0.25) is 4.79 Å². The van der Waals surface area contributed by atoms with Crippen molar-refractivity contribution in [3.63, 3.8) is 0 Å². The lowest BCUT2D eigenvalue weighted by atomic mass is 10.1. The first-order chi connectivity index (χ1) is 8.74. The standard InChI is InChI=1S/C12H18N2O4S/c1-8(2)11(15)7-14-19(17,18)10-5-3-9(4-6-10)12(13)16/h3-6,8,11,14-15H,7H2,1-2H3,(H2,13,16). The van der Waals surface area contributed by atoms with Crippen molar-refractivity contribution in [2.24, 2.45) is 11.7 Å². The summed E-state index contributed by atoms with van der Waals surface area (Å²) in [6.07, 6.45) is -0.750. The molecule has 0 saturated carbocycles. The number of benzene rings is 1. The number of amides is 1. The van der Waals surface area contributed by atoms with Crippen LogP contribution in [0.4, 0.5) is 0 Å². The summed E-state index contributed by atoms with van der Waals surface area (Å²) < 4.78 is 26.1. The summed E-state index contributed by atoms with van der Waals surface area (Å²) in [5.41, 5.74) is 5.30. The van der Waals surface area contributed by atoms with Crippen molar-refractivity contribution in [3.05, 3.63) is 29.8 Å². The lowest BCUT2D eigenvalue weighted by Crippen LogP contribution is -2.34. The van der Waals surface area contributed by atoms with Gasteiger partial charge in [0.05, 0.1) is 11.0 Å². The zero-order valence-corrected chi connectivity index (χ0v) is 11.6. The maximum absolute atomic E-state index is 11.9. The van der Waals surface area contributed by atoms with Crippen molar-refractivity contribution >= 4 is 15.9 Å². The highest BCUT2D eigenvalue weighted by Gasteiger charge is 2.17. The Bertz CT molecular complexity index is 537. The Labute approximate surface area is 112 Å². The molecule has 0 radical (unpaired) electrons. The molecular weight excluding hydrogens is 268 g/mol. The minimum atomic E-state index is -3.69. The fourth-order valence-electron chi connectivity index (χ4n) is 1.31. The van der Waals surface area contributed by atoms with Crippen LogP contribution in [0.1, 0.15) is 24.2 Å². The molecular formula is C12H18N2O4S. The Balaban J connectivity index is 2.80. The Morgan fingerprint density at radius 3 is 2.26 bits per heavy atom. The second-order valence-corrected chi connectivity index (χ2v) is 6.32. The van der Waals surface area contributed by atoms with Gasteiger partial charge in [0, 0.05) is 12.1 Å². The summed E-state index contributed by atoms with van der Waals surface area (Å²) in [6, 6.07) is 5.28. The number of sulfonamides is 1. The molecule has 0 aliphatic heterocycles. The number of primary amides is 1. The Morgan fingerprint density at radius 2 is 1.84 bits per heavy atom. The van der Waals surface area contributed by atoms with E-state index in [9.17, 15) is 18.3 Å². The smallest absolute Gasteiger partial charge is 0.248 e. The van der Waals surface area contributed by atoms with Gasteiger partial charge < -0.3 is 10.8 Å². The highest BCUT2D eigenvalue weighted by molar-refractivity contribution is 7.89. The van der Waals surface area contributed by atoms with Crippen LogP contribution >= 0.6 is 0 Å². The number of carbonyl (C=O) groups excluding carboxylic acids is 1. The van der Waals surface area contributed by atoms with Crippen molar-refractivity contribution in [3.8, 4) is 0 Å². The Morgan fingerprint density at radius 1 is 1.32 bits per heavy atom. The van der Waals surface area contributed by atoms with Gasteiger partial charge >= 0.3 is 0 Å².